The molecule has 0 aliphatic rings. The van der Waals surface area contributed by atoms with E-state index >= 15 is 0 Å². The van der Waals surface area contributed by atoms with Gasteiger partial charge >= 0.3 is 0 Å². The van der Waals surface area contributed by atoms with Gasteiger partial charge < -0.3 is 19.5 Å². The average Bonchev–Trinajstić information content (AvgIpc) is 2.25. The highest BCUT2D eigenvalue weighted by molar-refractivity contribution is 5.86. The lowest BCUT2D eigenvalue weighted by Gasteiger charge is -2.28. The van der Waals surface area contributed by atoms with E-state index in [4.69, 9.17) is 14.2 Å². The molecule has 0 saturated carbocycles. The molecule has 0 heterocycles. The molecule has 1 amide bonds. The molecule has 14 heavy (non-hydrogen) atoms. The second kappa shape index (κ2) is 6.53. The summed E-state index contributed by atoms with van der Waals surface area (Å²) in [6, 6.07) is 0. The van der Waals surface area contributed by atoms with Crippen molar-refractivity contribution in [2.75, 3.05) is 27.9 Å². The third kappa shape index (κ3) is 3.87. The van der Waals surface area contributed by atoms with Crippen molar-refractivity contribution < 1.29 is 19.0 Å². The molecule has 0 fully saturated rings. The molecule has 1 N–H and O–H groups in total. The van der Waals surface area contributed by atoms with E-state index in [0.717, 1.165) is 0 Å². The van der Waals surface area contributed by atoms with Gasteiger partial charge in [0.05, 0.1) is 0 Å². The standard InChI is InChI=1S/C9H17NO4/c1-5-8(11)10-7-6-9(12-2,13-3)14-4/h5H,1,6-7H2,2-4H3,(H,10,11). The third-order valence-corrected chi connectivity index (χ3v) is 1.85. The van der Waals surface area contributed by atoms with Gasteiger partial charge in [0.2, 0.25) is 5.91 Å². The summed E-state index contributed by atoms with van der Waals surface area (Å²) in [5.74, 6) is -1.32. The topological polar surface area (TPSA) is 56.8 Å². The van der Waals surface area contributed by atoms with Crippen molar-refractivity contribution in [3.05, 3.63) is 12.7 Å². The maximum atomic E-state index is 10.8. The molecule has 0 aromatic heterocycles. The molecular formula is C9H17NO4. The quantitative estimate of drug-likeness (QED) is 0.476. The Hall–Kier alpha value is -0.910. The molecule has 0 rings (SSSR count). The van der Waals surface area contributed by atoms with E-state index in [9.17, 15) is 4.79 Å². The fraction of sp³-hybridized carbons (Fsp3) is 0.667. The van der Waals surface area contributed by atoms with E-state index in [1.807, 2.05) is 0 Å². The molecule has 0 aromatic carbocycles. The highest BCUT2D eigenvalue weighted by atomic mass is 16.9. The molecule has 5 nitrogen and oxygen atoms in total. The van der Waals surface area contributed by atoms with Crippen LogP contribution >= 0.6 is 0 Å². The van der Waals surface area contributed by atoms with E-state index in [-0.39, 0.29) is 5.91 Å². The largest absolute Gasteiger partial charge is 0.352 e. The van der Waals surface area contributed by atoms with Crippen molar-refractivity contribution >= 4 is 5.91 Å². The zero-order valence-corrected chi connectivity index (χ0v) is 8.83. The van der Waals surface area contributed by atoms with Crippen LogP contribution in [-0.4, -0.2) is 39.8 Å². The molecule has 0 aliphatic carbocycles. The Kier molecular flexibility index (Phi) is 6.11. The number of methoxy groups -OCH3 is 3. The van der Waals surface area contributed by atoms with Crippen LogP contribution in [0.2, 0.25) is 0 Å². The molecule has 0 bridgehead atoms. The normalized spacial score (nSPS) is 11.1. The summed E-state index contributed by atoms with van der Waals surface area (Å²) in [5.41, 5.74) is 0. The Morgan fingerprint density at radius 3 is 2.21 bits per heavy atom. The third-order valence-electron chi connectivity index (χ3n) is 1.85. The summed E-state index contributed by atoms with van der Waals surface area (Å²) in [4.78, 5) is 10.8. The van der Waals surface area contributed by atoms with Crippen LogP contribution < -0.4 is 5.32 Å². The van der Waals surface area contributed by atoms with Gasteiger partial charge in [-0.25, -0.2) is 0 Å². The number of hydrogen-bond donors (Lipinski definition) is 1. The van der Waals surface area contributed by atoms with Crippen LogP contribution in [0.5, 0.6) is 0 Å². The first-order valence-electron chi connectivity index (χ1n) is 4.20. The Balaban J connectivity index is 3.94. The number of nitrogens with one attached hydrogen (secondary N) is 1. The predicted molar refractivity (Wildman–Crippen MR) is 51.6 cm³/mol. The first-order chi connectivity index (χ1) is 6.64. The molecule has 5 heteroatoms. The average molecular weight is 203 g/mol. The monoisotopic (exact) mass is 203 g/mol. The number of amides is 1. The van der Waals surface area contributed by atoms with Crippen LogP contribution in [0.3, 0.4) is 0 Å². The molecular weight excluding hydrogens is 186 g/mol. The van der Waals surface area contributed by atoms with Gasteiger partial charge in [0, 0.05) is 34.3 Å². The fourth-order valence-corrected chi connectivity index (χ4v) is 0.967. The fourth-order valence-electron chi connectivity index (χ4n) is 0.967. The minimum Gasteiger partial charge on any atom is -0.352 e. The van der Waals surface area contributed by atoms with E-state index in [1.54, 1.807) is 0 Å². The molecule has 0 spiro atoms. The van der Waals surface area contributed by atoms with Crippen molar-refractivity contribution in [1.29, 1.82) is 0 Å². The predicted octanol–water partition coefficient (Wildman–Crippen LogP) is 0.272. The van der Waals surface area contributed by atoms with Gasteiger partial charge in [0.1, 0.15) is 0 Å². The Morgan fingerprint density at radius 1 is 1.36 bits per heavy atom. The first-order valence-corrected chi connectivity index (χ1v) is 4.20. The van der Waals surface area contributed by atoms with Crippen molar-refractivity contribution in [1.82, 2.24) is 5.32 Å². The summed E-state index contributed by atoms with van der Waals surface area (Å²) >= 11 is 0. The van der Waals surface area contributed by atoms with Gasteiger partial charge in [-0.2, -0.15) is 0 Å². The van der Waals surface area contributed by atoms with Crippen LogP contribution in [-0.2, 0) is 19.0 Å². The van der Waals surface area contributed by atoms with Crippen LogP contribution in [0.25, 0.3) is 0 Å². The summed E-state index contributed by atoms with van der Waals surface area (Å²) in [6.07, 6.45) is 1.60. The Bertz CT molecular complexity index is 181. The zero-order chi connectivity index (χ0) is 11.0. The Morgan fingerprint density at radius 2 is 1.86 bits per heavy atom. The van der Waals surface area contributed by atoms with E-state index in [2.05, 4.69) is 11.9 Å². The lowest BCUT2D eigenvalue weighted by Crippen LogP contribution is -2.39. The smallest absolute Gasteiger partial charge is 0.283 e. The van der Waals surface area contributed by atoms with Crippen molar-refractivity contribution in [2.24, 2.45) is 0 Å². The first kappa shape index (κ1) is 13.1. The molecule has 0 saturated heterocycles. The molecule has 0 radical (unpaired) electrons. The van der Waals surface area contributed by atoms with Gasteiger partial charge in [-0.3, -0.25) is 4.79 Å². The minimum atomic E-state index is -1.09. The number of carbonyl (C=O) groups excluding carboxylic acids is 1. The lowest BCUT2D eigenvalue weighted by atomic mass is 10.3. The molecule has 0 aromatic rings. The maximum Gasteiger partial charge on any atom is 0.283 e. The summed E-state index contributed by atoms with van der Waals surface area (Å²) in [5, 5.41) is 2.59. The van der Waals surface area contributed by atoms with Gasteiger partial charge in [0.25, 0.3) is 5.97 Å². The summed E-state index contributed by atoms with van der Waals surface area (Å²) in [7, 11) is 4.42. The second-order valence-corrected chi connectivity index (χ2v) is 2.54. The van der Waals surface area contributed by atoms with Gasteiger partial charge in [-0.1, -0.05) is 6.58 Å². The number of ether oxygens (including phenoxy) is 3. The highest BCUT2D eigenvalue weighted by Gasteiger charge is 2.28. The van der Waals surface area contributed by atoms with E-state index < -0.39 is 5.97 Å². The van der Waals surface area contributed by atoms with E-state index in [0.29, 0.717) is 13.0 Å². The highest BCUT2D eigenvalue weighted by Crippen LogP contribution is 2.15. The zero-order valence-electron chi connectivity index (χ0n) is 8.83. The number of carbonyl (C=O) groups is 1. The van der Waals surface area contributed by atoms with Crippen LogP contribution in [0.15, 0.2) is 12.7 Å². The Labute approximate surface area is 84.0 Å². The SMILES string of the molecule is C=CC(=O)NCCC(OC)(OC)OC. The van der Waals surface area contributed by atoms with Crippen molar-refractivity contribution in [2.45, 2.75) is 12.4 Å². The molecule has 0 aliphatic heterocycles. The lowest BCUT2D eigenvalue weighted by molar-refractivity contribution is -0.353. The molecule has 82 valence electrons. The van der Waals surface area contributed by atoms with Crippen LogP contribution in [0.4, 0.5) is 0 Å². The van der Waals surface area contributed by atoms with Crippen LogP contribution in [0.1, 0.15) is 6.42 Å². The van der Waals surface area contributed by atoms with Crippen molar-refractivity contribution in [3.63, 3.8) is 0 Å². The molecule has 0 atom stereocenters. The molecule has 0 unspecified atom stereocenters. The summed E-state index contributed by atoms with van der Waals surface area (Å²) in [6.45, 7) is 3.72. The number of rotatable bonds is 7. The van der Waals surface area contributed by atoms with Crippen LogP contribution in [0, 0.1) is 0 Å². The van der Waals surface area contributed by atoms with Gasteiger partial charge in [-0.05, 0) is 6.08 Å². The minimum absolute atomic E-state index is 0.234. The second-order valence-electron chi connectivity index (χ2n) is 2.54. The van der Waals surface area contributed by atoms with E-state index in [1.165, 1.54) is 27.4 Å². The maximum absolute atomic E-state index is 10.8. The number of hydrogen-bond acceptors (Lipinski definition) is 4. The van der Waals surface area contributed by atoms with Gasteiger partial charge in [0.15, 0.2) is 0 Å². The van der Waals surface area contributed by atoms with Gasteiger partial charge in [-0.15, -0.1) is 0 Å². The van der Waals surface area contributed by atoms with Crippen molar-refractivity contribution in [3.8, 4) is 0 Å². The summed E-state index contributed by atoms with van der Waals surface area (Å²) < 4.78 is 15.1.